The second-order valence-electron chi connectivity index (χ2n) is 8.52. The normalized spacial score (nSPS) is 10.7. The minimum atomic E-state index is -0.266. The highest BCUT2D eigenvalue weighted by molar-refractivity contribution is 5.99. The van der Waals surface area contributed by atoms with Gasteiger partial charge in [0.1, 0.15) is 12.4 Å². The first-order chi connectivity index (χ1) is 17.0. The molecule has 0 aliphatic carbocycles. The number of nitrogens with zero attached hydrogens (tertiary/aromatic N) is 3. The Kier molecular flexibility index (Phi) is 7.73. The summed E-state index contributed by atoms with van der Waals surface area (Å²) in [7, 11) is 0. The molecule has 6 nitrogen and oxygen atoms in total. The Hall–Kier alpha value is -4.19. The van der Waals surface area contributed by atoms with Crippen molar-refractivity contribution >= 4 is 17.6 Å². The van der Waals surface area contributed by atoms with Crippen LogP contribution in [0.25, 0.3) is 16.9 Å². The van der Waals surface area contributed by atoms with Gasteiger partial charge in [-0.3, -0.25) is 9.59 Å². The van der Waals surface area contributed by atoms with Crippen molar-refractivity contribution in [2.45, 2.75) is 26.7 Å². The van der Waals surface area contributed by atoms with E-state index >= 15 is 0 Å². The van der Waals surface area contributed by atoms with Crippen LogP contribution >= 0.6 is 0 Å². The molecule has 0 aliphatic rings. The summed E-state index contributed by atoms with van der Waals surface area (Å²) in [6, 6.07) is 28.7. The molecule has 0 atom stereocenters. The van der Waals surface area contributed by atoms with Gasteiger partial charge in [0, 0.05) is 23.7 Å². The molecule has 2 amide bonds. The van der Waals surface area contributed by atoms with Crippen molar-refractivity contribution in [3.05, 3.63) is 102 Å². The number of carbonyl (C=O) groups is 2. The summed E-state index contributed by atoms with van der Waals surface area (Å²) >= 11 is 0. The van der Waals surface area contributed by atoms with Crippen LogP contribution in [0.2, 0.25) is 0 Å². The molecule has 1 aromatic heterocycles. The molecular weight excluding hydrogens is 436 g/mol. The Balaban J connectivity index is 1.59. The van der Waals surface area contributed by atoms with Crippen LogP contribution in [0, 0.1) is 6.92 Å². The number of carbonyl (C=O) groups excluding carboxylic acids is 2. The van der Waals surface area contributed by atoms with E-state index in [0.29, 0.717) is 17.9 Å². The summed E-state index contributed by atoms with van der Waals surface area (Å²) in [4.78, 5) is 27.8. The van der Waals surface area contributed by atoms with E-state index in [-0.39, 0.29) is 18.4 Å². The van der Waals surface area contributed by atoms with E-state index in [9.17, 15) is 9.59 Å². The van der Waals surface area contributed by atoms with Crippen molar-refractivity contribution in [2.24, 2.45) is 0 Å². The van der Waals surface area contributed by atoms with Crippen molar-refractivity contribution in [3.63, 3.8) is 0 Å². The fraction of sp³-hybridized carbons (Fsp3) is 0.207. The van der Waals surface area contributed by atoms with Gasteiger partial charge in [-0.25, -0.2) is 4.68 Å². The first kappa shape index (κ1) is 24.0. The number of unbranched alkanes of at least 4 members (excludes halogenated alkanes) is 1. The first-order valence-corrected chi connectivity index (χ1v) is 11.9. The molecule has 0 saturated carbocycles. The highest BCUT2D eigenvalue weighted by atomic mass is 16.2. The van der Waals surface area contributed by atoms with Crippen LogP contribution in [0.5, 0.6) is 0 Å². The molecule has 0 radical (unpaired) electrons. The number of rotatable bonds is 9. The molecule has 0 fully saturated rings. The molecule has 1 N–H and O–H groups in total. The van der Waals surface area contributed by atoms with Crippen LogP contribution < -0.4 is 5.32 Å². The quantitative estimate of drug-likeness (QED) is 0.343. The second-order valence-corrected chi connectivity index (χ2v) is 8.52. The molecule has 4 aromatic rings. The van der Waals surface area contributed by atoms with Crippen LogP contribution in [-0.2, 0) is 4.79 Å². The summed E-state index contributed by atoms with van der Waals surface area (Å²) in [6.07, 6.45) is 1.76. The maximum Gasteiger partial charge on any atom is 0.254 e. The van der Waals surface area contributed by atoms with Crippen molar-refractivity contribution in [2.75, 3.05) is 18.4 Å². The zero-order valence-electron chi connectivity index (χ0n) is 20.1. The largest absolute Gasteiger partial charge is 0.329 e. The molecule has 1 heterocycles. The lowest BCUT2D eigenvalue weighted by Gasteiger charge is -2.22. The Bertz CT molecular complexity index is 1270. The fourth-order valence-electron chi connectivity index (χ4n) is 3.82. The fourth-order valence-corrected chi connectivity index (χ4v) is 3.82. The van der Waals surface area contributed by atoms with Gasteiger partial charge in [0.2, 0.25) is 5.91 Å². The molecule has 0 unspecified atom stereocenters. The highest BCUT2D eigenvalue weighted by Gasteiger charge is 2.20. The summed E-state index contributed by atoms with van der Waals surface area (Å²) in [6.45, 7) is 4.58. The highest BCUT2D eigenvalue weighted by Crippen LogP contribution is 2.25. The average Bonchev–Trinajstić information content (AvgIpc) is 3.31. The van der Waals surface area contributed by atoms with Crippen LogP contribution in [0.3, 0.4) is 0 Å². The van der Waals surface area contributed by atoms with Crippen LogP contribution in [0.1, 0.15) is 35.7 Å². The Morgan fingerprint density at radius 1 is 0.914 bits per heavy atom. The molecule has 0 bridgehead atoms. The molecule has 6 heteroatoms. The van der Waals surface area contributed by atoms with E-state index in [4.69, 9.17) is 5.10 Å². The number of amides is 2. The van der Waals surface area contributed by atoms with Gasteiger partial charge < -0.3 is 10.2 Å². The summed E-state index contributed by atoms with van der Waals surface area (Å²) in [5.74, 6) is 0.143. The third kappa shape index (κ3) is 6.03. The number of nitrogens with one attached hydrogen (secondary N) is 1. The molecule has 178 valence electrons. The minimum Gasteiger partial charge on any atom is -0.329 e. The smallest absolute Gasteiger partial charge is 0.254 e. The summed E-state index contributed by atoms with van der Waals surface area (Å²) in [5.41, 5.74) is 4.27. The van der Waals surface area contributed by atoms with Gasteiger partial charge in [-0.05, 0) is 37.6 Å². The molecule has 0 spiro atoms. The lowest BCUT2D eigenvalue weighted by molar-refractivity contribution is -0.116. The molecule has 0 aliphatic heterocycles. The summed E-state index contributed by atoms with van der Waals surface area (Å²) < 4.78 is 1.73. The van der Waals surface area contributed by atoms with E-state index in [2.05, 4.69) is 12.2 Å². The van der Waals surface area contributed by atoms with E-state index in [1.165, 1.54) is 0 Å². The number of anilines is 1. The average molecular weight is 467 g/mol. The molecule has 3 aromatic carbocycles. The van der Waals surface area contributed by atoms with E-state index in [0.717, 1.165) is 35.3 Å². The van der Waals surface area contributed by atoms with Crippen LogP contribution in [0.4, 0.5) is 5.82 Å². The minimum absolute atomic E-state index is 0.0343. The number of hydrogen-bond acceptors (Lipinski definition) is 3. The lowest BCUT2D eigenvalue weighted by atomic mass is 10.1. The number of hydrogen-bond donors (Lipinski definition) is 1. The third-order valence-corrected chi connectivity index (χ3v) is 5.75. The topological polar surface area (TPSA) is 67.2 Å². The van der Waals surface area contributed by atoms with Crippen molar-refractivity contribution in [1.29, 1.82) is 0 Å². The third-order valence-electron chi connectivity index (χ3n) is 5.75. The van der Waals surface area contributed by atoms with E-state index in [1.807, 2.05) is 85.8 Å². The zero-order chi connectivity index (χ0) is 24.6. The number of aromatic nitrogens is 2. The zero-order valence-corrected chi connectivity index (χ0v) is 20.1. The molecule has 35 heavy (non-hydrogen) atoms. The Labute approximate surface area is 206 Å². The van der Waals surface area contributed by atoms with Crippen molar-refractivity contribution in [1.82, 2.24) is 14.7 Å². The lowest BCUT2D eigenvalue weighted by Crippen LogP contribution is -2.38. The summed E-state index contributed by atoms with van der Waals surface area (Å²) in [5, 5.41) is 7.76. The first-order valence-electron chi connectivity index (χ1n) is 11.9. The van der Waals surface area contributed by atoms with Gasteiger partial charge in [0.15, 0.2) is 0 Å². The van der Waals surface area contributed by atoms with Gasteiger partial charge in [-0.15, -0.1) is 0 Å². The van der Waals surface area contributed by atoms with Crippen LogP contribution in [0.15, 0.2) is 91.0 Å². The van der Waals surface area contributed by atoms with E-state index < -0.39 is 0 Å². The molecule has 0 saturated heterocycles. The molecule has 4 rings (SSSR count). The van der Waals surface area contributed by atoms with Crippen LogP contribution in [-0.4, -0.2) is 39.6 Å². The van der Waals surface area contributed by atoms with Gasteiger partial charge in [0.05, 0.1) is 11.4 Å². The van der Waals surface area contributed by atoms with Crippen molar-refractivity contribution < 1.29 is 9.59 Å². The molecular formula is C29H30N4O2. The predicted octanol–water partition coefficient (Wildman–Crippen LogP) is 5.73. The van der Waals surface area contributed by atoms with Gasteiger partial charge in [-0.1, -0.05) is 79.6 Å². The van der Waals surface area contributed by atoms with Crippen molar-refractivity contribution in [3.8, 4) is 16.9 Å². The van der Waals surface area contributed by atoms with Gasteiger partial charge >= 0.3 is 0 Å². The standard InChI is InChI=1S/C29H30N4O2/c1-3-4-19-32(29(35)24-13-9-6-10-14-24)21-28(34)30-27-20-26(23-11-7-5-8-12-23)31-33(27)25-17-15-22(2)16-18-25/h5-18,20H,3-4,19,21H2,1-2H3,(H,30,34). The maximum atomic E-state index is 13.2. The predicted molar refractivity (Wildman–Crippen MR) is 140 cm³/mol. The van der Waals surface area contributed by atoms with Gasteiger partial charge in [0.25, 0.3) is 5.91 Å². The van der Waals surface area contributed by atoms with Gasteiger partial charge in [-0.2, -0.15) is 5.10 Å². The SMILES string of the molecule is CCCCN(CC(=O)Nc1cc(-c2ccccc2)nn1-c1ccc(C)cc1)C(=O)c1ccccc1. The Morgan fingerprint density at radius 2 is 1.57 bits per heavy atom. The second kappa shape index (κ2) is 11.3. The number of aryl methyl sites for hydroxylation is 1. The van der Waals surface area contributed by atoms with E-state index in [1.54, 1.807) is 21.7 Å². The number of benzene rings is 3. The Morgan fingerprint density at radius 3 is 2.23 bits per heavy atom. The maximum absolute atomic E-state index is 13.2. The monoisotopic (exact) mass is 466 g/mol.